The van der Waals surface area contributed by atoms with Crippen molar-refractivity contribution in [2.75, 3.05) is 5.32 Å². The minimum Gasteiger partial charge on any atom is -0.459 e. The van der Waals surface area contributed by atoms with Crippen LogP contribution in [0.3, 0.4) is 0 Å². The van der Waals surface area contributed by atoms with Crippen LogP contribution in [0.15, 0.2) is 34.9 Å². The summed E-state index contributed by atoms with van der Waals surface area (Å²) in [5.74, 6) is -0.754. The van der Waals surface area contributed by atoms with E-state index in [4.69, 9.17) is 9.15 Å². The Kier molecular flexibility index (Phi) is 4.57. The van der Waals surface area contributed by atoms with E-state index >= 15 is 0 Å². The van der Waals surface area contributed by atoms with Crippen LogP contribution in [0.1, 0.15) is 45.9 Å². The summed E-state index contributed by atoms with van der Waals surface area (Å²) >= 11 is 1.10. The minimum absolute atomic E-state index is 0.0208. The van der Waals surface area contributed by atoms with E-state index in [-0.39, 0.29) is 17.5 Å². The molecule has 1 aliphatic carbocycles. The number of esters is 1. The van der Waals surface area contributed by atoms with Crippen molar-refractivity contribution in [2.45, 2.75) is 31.8 Å². The van der Waals surface area contributed by atoms with Crippen LogP contribution in [0.25, 0.3) is 0 Å². The molecule has 0 bridgehead atoms. The molecule has 1 amide bonds. The highest BCUT2D eigenvalue weighted by Crippen LogP contribution is 2.25. The number of carbonyl (C=O) groups excluding carboxylic acids is 3. The van der Waals surface area contributed by atoms with Crippen molar-refractivity contribution in [3.8, 4) is 0 Å². The van der Waals surface area contributed by atoms with Gasteiger partial charge in [0, 0.05) is 6.42 Å². The second kappa shape index (κ2) is 6.78. The first kappa shape index (κ1) is 15.5. The highest BCUT2D eigenvalue weighted by molar-refractivity contribution is 7.18. The Morgan fingerprint density at radius 3 is 2.87 bits per heavy atom. The molecule has 0 saturated heterocycles. The number of hydrogen-bond donors (Lipinski definition) is 1. The topological polar surface area (TPSA) is 85.6 Å². The normalized spacial score (nSPS) is 17.7. The summed E-state index contributed by atoms with van der Waals surface area (Å²) in [7, 11) is 0. The summed E-state index contributed by atoms with van der Waals surface area (Å²) < 4.78 is 10.3. The molecule has 1 saturated carbocycles. The number of furan rings is 1. The maximum atomic E-state index is 12.1. The molecule has 1 aliphatic rings. The summed E-state index contributed by atoms with van der Waals surface area (Å²) in [6.45, 7) is 0. The van der Waals surface area contributed by atoms with Crippen LogP contribution in [0.5, 0.6) is 0 Å². The SMILES string of the molecule is O=C(Nc1ccc(C(=O)O[C@@H]2CCCCC2=O)s1)c1ccco1. The summed E-state index contributed by atoms with van der Waals surface area (Å²) in [6.07, 6.45) is 3.56. The van der Waals surface area contributed by atoms with Gasteiger partial charge in [0.25, 0.3) is 5.91 Å². The zero-order chi connectivity index (χ0) is 16.2. The van der Waals surface area contributed by atoms with Gasteiger partial charge in [0.2, 0.25) is 0 Å². The first-order chi connectivity index (χ1) is 11.1. The maximum absolute atomic E-state index is 12.1. The van der Waals surface area contributed by atoms with Crippen LogP contribution in [-0.2, 0) is 9.53 Å². The number of anilines is 1. The molecule has 2 aromatic heterocycles. The molecule has 3 rings (SSSR count). The summed E-state index contributed by atoms with van der Waals surface area (Å²) in [5, 5.41) is 3.15. The van der Waals surface area contributed by atoms with Crippen LogP contribution < -0.4 is 5.32 Å². The van der Waals surface area contributed by atoms with E-state index in [1.165, 1.54) is 6.26 Å². The molecule has 0 spiro atoms. The lowest BCUT2D eigenvalue weighted by Crippen LogP contribution is -2.29. The molecule has 7 heteroatoms. The Morgan fingerprint density at radius 2 is 2.13 bits per heavy atom. The van der Waals surface area contributed by atoms with E-state index in [1.807, 2.05) is 0 Å². The van der Waals surface area contributed by atoms with Gasteiger partial charge in [-0.25, -0.2) is 4.79 Å². The number of thiophene rings is 1. The number of ketones is 1. The third-order valence-electron chi connectivity index (χ3n) is 3.54. The minimum atomic E-state index is -0.639. The van der Waals surface area contributed by atoms with Gasteiger partial charge in [-0.2, -0.15) is 0 Å². The Morgan fingerprint density at radius 1 is 1.26 bits per heavy atom. The van der Waals surface area contributed by atoms with Crippen molar-refractivity contribution in [1.29, 1.82) is 0 Å². The third-order valence-corrected chi connectivity index (χ3v) is 4.52. The van der Waals surface area contributed by atoms with E-state index in [2.05, 4.69) is 5.32 Å². The molecule has 0 radical (unpaired) electrons. The number of hydrogen-bond acceptors (Lipinski definition) is 6. The van der Waals surface area contributed by atoms with Crippen LogP contribution in [-0.4, -0.2) is 23.8 Å². The van der Waals surface area contributed by atoms with Gasteiger partial charge in [0.1, 0.15) is 4.88 Å². The second-order valence-corrected chi connectivity index (χ2v) is 6.29. The first-order valence-corrected chi connectivity index (χ1v) is 8.13. The number of carbonyl (C=O) groups is 3. The third kappa shape index (κ3) is 3.68. The summed E-state index contributed by atoms with van der Waals surface area (Å²) in [5.41, 5.74) is 0. The average Bonchev–Trinajstić information content (AvgIpc) is 3.20. The molecule has 6 nitrogen and oxygen atoms in total. The molecule has 1 fully saturated rings. The van der Waals surface area contributed by atoms with Gasteiger partial charge < -0.3 is 14.5 Å². The van der Waals surface area contributed by atoms with Crippen molar-refractivity contribution >= 4 is 34.0 Å². The first-order valence-electron chi connectivity index (χ1n) is 7.32. The summed E-state index contributed by atoms with van der Waals surface area (Å²) in [4.78, 5) is 36.0. The Labute approximate surface area is 136 Å². The zero-order valence-electron chi connectivity index (χ0n) is 12.2. The Bertz CT molecular complexity index is 719. The van der Waals surface area contributed by atoms with Gasteiger partial charge in [0.15, 0.2) is 17.6 Å². The number of amides is 1. The molecule has 0 aliphatic heterocycles. The quantitative estimate of drug-likeness (QED) is 0.868. The largest absolute Gasteiger partial charge is 0.459 e. The average molecular weight is 333 g/mol. The van der Waals surface area contributed by atoms with Crippen molar-refractivity contribution in [3.63, 3.8) is 0 Å². The molecule has 0 aromatic carbocycles. The maximum Gasteiger partial charge on any atom is 0.349 e. The number of rotatable bonds is 4. The second-order valence-electron chi connectivity index (χ2n) is 5.20. The zero-order valence-corrected chi connectivity index (χ0v) is 13.1. The standard InChI is InChI=1S/C16H15NO5S/c18-10-4-1-2-5-11(10)22-16(20)13-7-8-14(23-13)17-15(19)12-6-3-9-21-12/h3,6-9,11H,1-2,4-5H2,(H,17,19)/t11-/m1/s1. The van der Waals surface area contributed by atoms with Crippen molar-refractivity contribution < 1.29 is 23.5 Å². The fourth-order valence-corrected chi connectivity index (χ4v) is 3.14. The van der Waals surface area contributed by atoms with Crippen LogP contribution in [0, 0.1) is 0 Å². The van der Waals surface area contributed by atoms with Crippen LogP contribution in [0.2, 0.25) is 0 Å². The molecule has 1 N–H and O–H groups in total. The number of nitrogens with one attached hydrogen (secondary N) is 1. The van der Waals surface area contributed by atoms with E-state index < -0.39 is 12.1 Å². The van der Waals surface area contributed by atoms with Gasteiger partial charge in [-0.3, -0.25) is 9.59 Å². The van der Waals surface area contributed by atoms with Gasteiger partial charge in [-0.05, 0) is 43.5 Å². The van der Waals surface area contributed by atoms with Crippen molar-refractivity contribution in [2.24, 2.45) is 0 Å². The van der Waals surface area contributed by atoms with E-state index in [1.54, 1.807) is 24.3 Å². The fraction of sp³-hybridized carbons (Fsp3) is 0.312. The molecule has 120 valence electrons. The van der Waals surface area contributed by atoms with Crippen molar-refractivity contribution in [1.82, 2.24) is 0 Å². The van der Waals surface area contributed by atoms with Gasteiger partial charge >= 0.3 is 5.97 Å². The smallest absolute Gasteiger partial charge is 0.349 e. The number of ether oxygens (including phenoxy) is 1. The number of Topliss-reactive ketones (excluding diaryl/α,β-unsaturated/α-hetero) is 1. The van der Waals surface area contributed by atoms with Gasteiger partial charge in [0.05, 0.1) is 11.3 Å². The molecule has 23 heavy (non-hydrogen) atoms. The van der Waals surface area contributed by atoms with E-state index in [0.29, 0.717) is 22.7 Å². The fourth-order valence-electron chi connectivity index (χ4n) is 2.36. The lowest BCUT2D eigenvalue weighted by molar-refractivity contribution is -0.129. The molecule has 0 unspecified atom stereocenters. The highest BCUT2D eigenvalue weighted by atomic mass is 32.1. The van der Waals surface area contributed by atoms with E-state index in [0.717, 1.165) is 24.2 Å². The molecule has 2 heterocycles. The Balaban J connectivity index is 1.61. The lowest BCUT2D eigenvalue weighted by Gasteiger charge is -2.20. The van der Waals surface area contributed by atoms with Crippen LogP contribution in [0.4, 0.5) is 5.00 Å². The highest BCUT2D eigenvalue weighted by Gasteiger charge is 2.26. The summed E-state index contributed by atoms with van der Waals surface area (Å²) in [6, 6.07) is 6.35. The predicted octanol–water partition coefficient (Wildman–Crippen LogP) is 3.26. The molecule has 2 aromatic rings. The molecule has 1 atom stereocenters. The van der Waals surface area contributed by atoms with Crippen molar-refractivity contribution in [3.05, 3.63) is 41.2 Å². The van der Waals surface area contributed by atoms with Gasteiger partial charge in [-0.1, -0.05) is 0 Å². The van der Waals surface area contributed by atoms with Crippen LogP contribution >= 0.6 is 11.3 Å². The van der Waals surface area contributed by atoms with E-state index in [9.17, 15) is 14.4 Å². The molecular formula is C16H15NO5S. The monoisotopic (exact) mass is 333 g/mol. The molecular weight excluding hydrogens is 318 g/mol. The van der Waals surface area contributed by atoms with Gasteiger partial charge in [-0.15, -0.1) is 11.3 Å². The lowest BCUT2D eigenvalue weighted by atomic mass is 9.96. The Hall–Kier alpha value is -2.41. The predicted molar refractivity (Wildman–Crippen MR) is 83.7 cm³/mol.